The molecule has 0 bridgehead atoms. The van der Waals surface area contributed by atoms with Crippen LogP contribution in [0.25, 0.3) is 10.8 Å². The van der Waals surface area contributed by atoms with Crippen LogP contribution in [0.2, 0.25) is 5.02 Å². The molecular weight excluding hydrogens is 328 g/mol. The number of ether oxygens (including phenoxy) is 2. The fraction of sp³-hybridized carbons (Fsp3) is 0.105. The van der Waals surface area contributed by atoms with Crippen molar-refractivity contribution in [3.8, 4) is 11.5 Å². The highest BCUT2D eigenvalue weighted by Crippen LogP contribution is 2.36. The molecule has 0 fully saturated rings. The van der Waals surface area contributed by atoms with Gasteiger partial charge in [0, 0.05) is 5.39 Å². The molecule has 0 saturated carbocycles. The summed E-state index contributed by atoms with van der Waals surface area (Å²) in [5.74, 6) is -0.266. The van der Waals surface area contributed by atoms with E-state index in [0.29, 0.717) is 21.9 Å². The molecule has 3 aromatic rings. The summed E-state index contributed by atoms with van der Waals surface area (Å²) in [5.41, 5.74) is 1.02. The van der Waals surface area contributed by atoms with Crippen LogP contribution in [0.15, 0.2) is 54.6 Å². The zero-order chi connectivity index (χ0) is 17.1. The van der Waals surface area contributed by atoms with E-state index in [0.717, 1.165) is 10.9 Å². The molecule has 4 nitrogen and oxygen atoms in total. The van der Waals surface area contributed by atoms with E-state index in [1.54, 1.807) is 12.1 Å². The molecule has 0 aliphatic carbocycles. The van der Waals surface area contributed by atoms with Gasteiger partial charge >= 0.3 is 5.97 Å². The number of carboxylic acids is 1. The van der Waals surface area contributed by atoms with Gasteiger partial charge in [-0.3, -0.25) is 0 Å². The SMILES string of the molecule is COc1ccc2cc(OCc3ccccc3)c(C(=O)O)cc2c1Cl. The van der Waals surface area contributed by atoms with Crippen LogP contribution in [-0.4, -0.2) is 18.2 Å². The Morgan fingerprint density at radius 2 is 1.83 bits per heavy atom. The van der Waals surface area contributed by atoms with Crippen molar-refractivity contribution in [2.24, 2.45) is 0 Å². The van der Waals surface area contributed by atoms with Gasteiger partial charge in [0.25, 0.3) is 0 Å². The van der Waals surface area contributed by atoms with E-state index in [1.807, 2.05) is 36.4 Å². The molecule has 24 heavy (non-hydrogen) atoms. The van der Waals surface area contributed by atoms with Crippen molar-refractivity contribution >= 4 is 28.3 Å². The monoisotopic (exact) mass is 342 g/mol. The van der Waals surface area contributed by atoms with Crippen molar-refractivity contribution in [3.63, 3.8) is 0 Å². The van der Waals surface area contributed by atoms with Gasteiger partial charge in [-0.15, -0.1) is 0 Å². The summed E-state index contributed by atoms with van der Waals surface area (Å²) >= 11 is 6.28. The summed E-state index contributed by atoms with van der Waals surface area (Å²) in [6.45, 7) is 0.288. The molecule has 0 radical (unpaired) electrons. The van der Waals surface area contributed by atoms with Crippen molar-refractivity contribution in [1.82, 2.24) is 0 Å². The molecule has 122 valence electrons. The predicted molar refractivity (Wildman–Crippen MR) is 93.2 cm³/mol. The lowest BCUT2D eigenvalue weighted by atomic mass is 10.1. The number of benzene rings is 3. The zero-order valence-electron chi connectivity index (χ0n) is 13.0. The summed E-state index contributed by atoms with van der Waals surface area (Å²) in [5, 5.41) is 11.3. The van der Waals surface area contributed by atoms with Gasteiger partial charge in [-0.05, 0) is 29.1 Å². The third-order valence-corrected chi connectivity index (χ3v) is 4.10. The van der Waals surface area contributed by atoms with E-state index in [2.05, 4.69) is 0 Å². The number of hydrogen-bond donors (Lipinski definition) is 1. The molecule has 0 unspecified atom stereocenters. The molecule has 0 aromatic heterocycles. The number of carbonyl (C=O) groups is 1. The lowest BCUT2D eigenvalue weighted by Gasteiger charge is -2.13. The summed E-state index contributed by atoms with van der Waals surface area (Å²) in [6, 6.07) is 16.3. The third-order valence-electron chi connectivity index (χ3n) is 3.71. The lowest BCUT2D eigenvalue weighted by molar-refractivity contribution is 0.0692. The topological polar surface area (TPSA) is 55.8 Å². The second kappa shape index (κ2) is 6.81. The van der Waals surface area contributed by atoms with Crippen molar-refractivity contribution < 1.29 is 19.4 Å². The largest absolute Gasteiger partial charge is 0.495 e. The Balaban J connectivity index is 2.03. The van der Waals surface area contributed by atoms with E-state index >= 15 is 0 Å². The van der Waals surface area contributed by atoms with Gasteiger partial charge in [0.1, 0.15) is 23.7 Å². The maximum absolute atomic E-state index is 11.6. The molecule has 0 amide bonds. The van der Waals surface area contributed by atoms with Crippen molar-refractivity contribution in [2.75, 3.05) is 7.11 Å². The highest BCUT2D eigenvalue weighted by molar-refractivity contribution is 6.37. The van der Waals surface area contributed by atoms with E-state index in [4.69, 9.17) is 21.1 Å². The molecule has 0 atom stereocenters. The van der Waals surface area contributed by atoms with Gasteiger partial charge < -0.3 is 14.6 Å². The van der Waals surface area contributed by atoms with Crippen molar-refractivity contribution in [1.29, 1.82) is 0 Å². The minimum absolute atomic E-state index is 0.0635. The minimum atomic E-state index is -1.07. The number of carboxylic acid groups (broad SMARTS) is 1. The van der Waals surface area contributed by atoms with Crippen molar-refractivity contribution in [2.45, 2.75) is 6.61 Å². The van der Waals surface area contributed by atoms with Crippen LogP contribution in [0.3, 0.4) is 0 Å². The Hall–Kier alpha value is -2.72. The van der Waals surface area contributed by atoms with Crippen LogP contribution >= 0.6 is 11.6 Å². The quantitative estimate of drug-likeness (QED) is 0.725. The lowest BCUT2D eigenvalue weighted by Crippen LogP contribution is -2.04. The van der Waals surface area contributed by atoms with Crippen LogP contribution in [0, 0.1) is 0 Å². The van der Waals surface area contributed by atoms with Gasteiger partial charge in [-0.2, -0.15) is 0 Å². The first-order valence-electron chi connectivity index (χ1n) is 7.30. The van der Waals surface area contributed by atoms with Crippen LogP contribution < -0.4 is 9.47 Å². The predicted octanol–water partition coefficient (Wildman–Crippen LogP) is 4.78. The zero-order valence-corrected chi connectivity index (χ0v) is 13.7. The maximum Gasteiger partial charge on any atom is 0.339 e. The van der Waals surface area contributed by atoms with Crippen LogP contribution in [0.4, 0.5) is 0 Å². The fourth-order valence-corrected chi connectivity index (χ4v) is 2.78. The minimum Gasteiger partial charge on any atom is -0.495 e. The first-order valence-corrected chi connectivity index (χ1v) is 7.68. The first kappa shape index (κ1) is 16.1. The molecule has 1 N–H and O–H groups in total. The first-order chi connectivity index (χ1) is 11.6. The van der Waals surface area contributed by atoms with Crippen molar-refractivity contribution in [3.05, 3.63) is 70.7 Å². The molecule has 0 aliphatic heterocycles. The average molecular weight is 343 g/mol. The number of fused-ring (bicyclic) bond motifs is 1. The molecule has 0 saturated heterocycles. The Morgan fingerprint density at radius 1 is 1.08 bits per heavy atom. The summed E-state index contributed by atoms with van der Waals surface area (Å²) < 4.78 is 10.9. The van der Waals surface area contributed by atoms with Gasteiger partial charge in [0.2, 0.25) is 0 Å². The maximum atomic E-state index is 11.6. The van der Waals surface area contributed by atoms with Crippen LogP contribution in [-0.2, 0) is 6.61 Å². The number of rotatable bonds is 5. The standard InChI is InChI=1S/C19H15ClO4/c1-23-16-8-7-13-9-17(24-11-12-5-3-2-4-6-12)15(19(21)22)10-14(13)18(16)20/h2-10H,11H2,1H3,(H,21,22). The van der Waals surface area contributed by atoms with Crippen LogP contribution in [0.5, 0.6) is 11.5 Å². The molecule has 3 rings (SSSR count). The molecule has 3 aromatic carbocycles. The van der Waals surface area contributed by atoms with Crippen LogP contribution in [0.1, 0.15) is 15.9 Å². The normalized spacial score (nSPS) is 10.6. The summed E-state index contributed by atoms with van der Waals surface area (Å²) in [6.07, 6.45) is 0. The van der Waals surface area contributed by atoms with E-state index in [-0.39, 0.29) is 12.2 Å². The fourth-order valence-electron chi connectivity index (χ4n) is 2.47. The Labute approximate surface area is 144 Å². The highest BCUT2D eigenvalue weighted by atomic mass is 35.5. The van der Waals surface area contributed by atoms with Gasteiger partial charge in [0.15, 0.2) is 0 Å². The van der Waals surface area contributed by atoms with Gasteiger partial charge in [-0.25, -0.2) is 4.79 Å². The molecule has 0 spiro atoms. The number of aromatic carboxylic acids is 1. The van der Waals surface area contributed by atoms with E-state index in [1.165, 1.54) is 13.2 Å². The third kappa shape index (κ3) is 3.14. The average Bonchev–Trinajstić information content (AvgIpc) is 2.60. The summed E-state index contributed by atoms with van der Waals surface area (Å²) in [7, 11) is 1.52. The number of hydrogen-bond acceptors (Lipinski definition) is 3. The molecule has 0 aliphatic rings. The van der Waals surface area contributed by atoms with Gasteiger partial charge in [-0.1, -0.05) is 48.0 Å². The molecule has 5 heteroatoms. The smallest absolute Gasteiger partial charge is 0.339 e. The molecular formula is C19H15ClO4. The second-order valence-corrected chi connectivity index (χ2v) is 5.61. The number of halogens is 1. The molecule has 0 heterocycles. The van der Waals surface area contributed by atoms with E-state index < -0.39 is 5.97 Å². The van der Waals surface area contributed by atoms with Gasteiger partial charge in [0.05, 0.1) is 12.1 Å². The Kier molecular flexibility index (Phi) is 4.58. The second-order valence-electron chi connectivity index (χ2n) is 5.23. The van der Waals surface area contributed by atoms with E-state index in [9.17, 15) is 9.90 Å². The number of methoxy groups -OCH3 is 1. The Bertz CT molecular complexity index is 891. The Morgan fingerprint density at radius 3 is 2.50 bits per heavy atom. The summed E-state index contributed by atoms with van der Waals surface area (Å²) in [4.78, 5) is 11.6. The highest BCUT2D eigenvalue weighted by Gasteiger charge is 2.16.